The standard InChI is InChI=1S/C21H25N3O10/c1-11(25)31-10-14-16(32-12(2)26)17(33-13(3)27)19(34-14)24-18(20(28)29)22-15(23-24)6-9-21(30)7-4-5-8-21/h14,16-17,19,30H,4-5,7-8,10H2,1-3H3,(H,28,29)/t14-,16?,17?,19-/m1/s1. The molecule has 4 atom stereocenters. The van der Waals surface area contributed by atoms with Gasteiger partial charge in [0.15, 0.2) is 18.4 Å². The van der Waals surface area contributed by atoms with Gasteiger partial charge in [0, 0.05) is 20.8 Å². The third-order valence-corrected chi connectivity index (χ3v) is 5.24. The lowest BCUT2D eigenvalue weighted by Gasteiger charge is -2.23. The summed E-state index contributed by atoms with van der Waals surface area (Å²) in [5.74, 6) is 0.900. The van der Waals surface area contributed by atoms with Crippen molar-refractivity contribution >= 4 is 23.9 Å². The van der Waals surface area contributed by atoms with Gasteiger partial charge in [0.1, 0.15) is 18.3 Å². The molecule has 1 aliphatic heterocycles. The maximum Gasteiger partial charge on any atom is 0.373 e. The minimum Gasteiger partial charge on any atom is -0.475 e. The highest BCUT2D eigenvalue weighted by molar-refractivity contribution is 5.83. The highest BCUT2D eigenvalue weighted by Crippen LogP contribution is 2.35. The maximum atomic E-state index is 11.9. The Morgan fingerprint density at radius 3 is 2.26 bits per heavy atom. The van der Waals surface area contributed by atoms with Gasteiger partial charge < -0.3 is 29.2 Å². The van der Waals surface area contributed by atoms with Crippen LogP contribution in [0.4, 0.5) is 0 Å². The van der Waals surface area contributed by atoms with E-state index in [2.05, 4.69) is 21.9 Å². The predicted molar refractivity (Wildman–Crippen MR) is 109 cm³/mol. The molecule has 1 aromatic heterocycles. The number of carboxylic acid groups (broad SMARTS) is 1. The van der Waals surface area contributed by atoms with Crippen molar-refractivity contribution in [1.82, 2.24) is 14.8 Å². The second-order valence-corrected chi connectivity index (χ2v) is 8.01. The third-order valence-electron chi connectivity index (χ3n) is 5.24. The summed E-state index contributed by atoms with van der Waals surface area (Å²) in [6, 6.07) is 0. The van der Waals surface area contributed by atoms with E-state index in [0.29, 0.717) is 12.8 Å². The van der Waals surface area contributed by atoms with E-state index in [9.17, 15) is 29.4 Å². The molecule has 2 N–H and O–H groups in total. The number of aliphatic hydroxyl groups is 1. The number of hydrogen-bond donors (Lipinski definition) is 2. The zero-order valence-electron chi connectivity index (χ0n) is 18.8. The number of carbonyl (C=O) groups is 4. The van der Waals surface area contributed by atoms with Crippen LogP contribution < -0.4 is 0 Å². The molecule has 0 bridgehead atoms. The fraction of sp³-hybridized carbons (Fsp3) is 0.619. The molecule has 2 aliphatic rings. The predicted octanol–water partition coefficient (Wildman–Crippen LogP) is -0.0432. The van der Waals surface area contributed by atoms with Gasteiger partial charge in [0.05, 0.1) is 0 Å². The van der Waals surface area contributed by atoms with E-state index < -0.39 is 59.8 Å². The molecule has 2 unspecified atom stereocenters. The Hall–Kier alpha value is -3.50. The molecule has 0 aromatic carbocycles. The topological polar surface area (TPSA) is 176 Å². The molecule has 2 fully saturated rings. The summed E-state index contributed by atoms with van der Waals surface area (Å²) < 4.78 is 22.1. The van der Waals surface area contributed by atoms with Crippen LogP contribution in [0.1, 0.15) is 69.1 Å². The van der Waals surface area contributed by atoms with Crippen molar-refractivity contribution in [3.63, 3.8) is 0 Å². The Bertz CT molecular complexity index is 1030. The lowest BCUT2D eigenvalue weighted by Crippen LogP contribution is -2.41. The van der Waals surface area contributed by atoms with Crippen LogP contribution in [0.25, 0.3) is 0 Å². The highest BCUT2D eigenvalue weighted by atomic mass is 16.7. The van der Waals surface area contributed by atoms with Crippen molar-refractivity contribution < 1.29 is 48.3 Å². The molecule has 1 saturated heterocycles. The van der Waals surface area contributed by atoms with Gasteiger partial charge in [-0.15, -0.1) is 5.10 Å². The molecule has 0 radical (unpaired) electrons. The largest absolute Gasteiger partial charge is 0.475 e. The van der Waals surface area contributed by atoms with Gasteiger partial charge in [0.2, 0.25) is 11.6 Å². The summed E-state index contributed by atoms with van der Waals surface area (Å²) in [4.78, 5) is 50.5. The average Bonchev–Trinajstić information content (AvgIpc) is 3.43. The molecule has 34 heavy (non-hydrogen) atoms. The van der Waals surface area contributed by atoms with Crippen LogP contribution in [0.5, 0.6) is 0 Å². The fourth-order valence-electron chi connectivity index (χ4n) is 3.85. The normalized spacial score (nSPS) is 25.2. The van der Waals surface area contributed by atoms with E-state index >= 15 is 0 Å². The fourth-order valence-corrected chi connectivity index (χ4v) is 3.85. The first-order valence-electron chi connectivity index (χ1n) is 10.6. The minimum atomic E-state index is -1.47. The van der Waals surface area contributed by atoms with Crippen LogP contribution in [0, 0.1) is 11.8 Å². The molecule has 13 heteroatoms. The van der Waals surface area contributed by atoms with Gasteiger partial charge >= 0.3 is 23.9 Å². The SMILES string of the molecule is CC(=O)OC[C@H]1O[C@@H](n2nc(C#CC3(O)CCCC3)nc2C(=O)O)C(OC(C)=O)C1OC(C)=O. The number of esters is 3. The molecule has 2 heterocycles. The number of aromatic carboxylic acids is 1. The van der Waals surface area contributed by atoms with Gasteiger partial charge in [-0.25, -0.2) is 9.48 Å². The van der Waals surface area contributed by atoms with Crippen molar-refractivity contribution in [1.29, 1.82) is 0 Å². The van der Waals surface area contributed by atoms with Gasteiger partial charge in [-0.05, 0) is 31.6 Å². The van der Waals surface area contributed by atoms with Gasteiger partial charge in [-0.3, -0.25) is 14.4 Å². The van der Waals surface area contributed by atoms with Crippen LogP contribution in [-0.4, -0.2) is 79.4 Å². The zero-order chi connectivity index (χ0) is 25.0. The van der Waals surface area contributed by atoms with Crippen LogP contribution in [0.2, 0.25) is 0 Å². The molecule has 1 aromatic rings. The van der Waals surface area contributed by atoms with Crippen LogP contribution in [0.3, 0.4) is 0 Å². The van der Waals surface area contributed by atoms with E-state index in [4.69, 9.17) is 18.9 Å². The van der Waals surface area contributed by atoms with Crippen LogP contribution in [-0.2, 0) is 33.3 Å². The van der Waals surface area contributed by atoms with Gasteiger partial charge in [0.25, 0.3) is 0 Å². The second kappa shape index (κ2) is 10.2. The Kier molecular flexibility index (Phi) is 7.53. The van der Waals surface area contributed by atoms with Crippen molar-refractivity contribution in [2.75, 3.05) is 6.61 Å². The Labute approximate surface area is 194 Å². The molecule has 0 spiro atoms. The number of nitrogens with zero attached hydrogens (tertiary/aromatic N) is 3. The number of carboxylic acids is 1. The summed E-state index contributed by atoms with van der Waals surface area (Å²) >= 11 is 0. The summed E-state index contributed by atoms with van der Waals surface area (Å²) in [6.45, 7) is 3.04. The summed E-state index contributed by atoms with van der Waals surface area (Å²) in [5.41, 5.74) is -1.20. The van der Waals surface area contributed by atoms with Crippen LogP contribution >= 0.6 is 0 Å². The van der Waals surface area contributed by atoms with Gasteiger partial charge in [-0.1, -0.05) is 5.92 Å². The summed E-state index contributed by atoms with van der Waals surface area (Å²) in [7, 11) is 0. The number of ether oxygens (including phenoxy) is 4. The van der Waals surface area contributed by atoms with E-state index in [1.54, 1.807) is 0 Å². The quantitative estimate of drug-likeness (QED) is 0.317. The Morgan fingerprint density at radius 2 is 1.71 bits per heavy atom. The molecule has 3 rings (SSSR count). The van der Waals surface area contributed by atoms with E-state index in [1.165, 1.54) is 6.92 Å². The lowest BCUT2D eigenvalue weighted by atomic mass is 10.0. The highest BCUT2D eigenvalue weighted by Gasteiger charge is 2.52. The van der Waals surface area contributed by atoms with Gasteiger partial charge in [-0.2, -0.15) is 4.98 Å². The number of hydrogen-bond acceptors (Lipinski definition) is 11. The third kappa shape index (κ3) is 5.89. The van der Waals surface area contributed by atoms with Crippen molar-refractivity contribution in [3.8, 4) is 11.8 Å². The summed E-state index contributed by atoms with van der Waals surface area (Å²) in [6.07, 6.45) is -2.46. The molecule has 184 valence electrons. The Balaban J connectivity index is 2.00. The molecule has 1 aliphatic carbocycles. The second-order valence-electron chi connectivity index (χ2n) is 8.01. The van der Waals surface area contributed by atoms with Crippen molar-refractivity contribution in [2.45, 2.75) is 76.6 Å². The molecule has 1 saturated carbocycles. The van der Waals surface area contributed by atoms with E-state index in [1.807, 2.05) is 0 Å². The van der Waals surface area contributed by atoms with Crippen LogP contribution in [0.15, 0.2) is 0 Å². The smallest absolute Gasteiger partial charge is 0.373 e. The van der Waals surface area contributed by atoms with E-state index in [-0.39, 0.29) is 12.4 Å². The van der Waals surface area contributed by atoms with E-state index in [0.717, 1.165) is 31.4 Å². The molecule has 0 amide bonds. The van der Waals surface area contributed by atoms with Crippen molar-refractivity contribution in [2.24, 2.45) is 0 Å². The monoisotopic (exact) mass is 479 g/mol. The number of aromatic nitrogens is 3. The number of carbonyl (C=O) groups excluding carboxylic acids is 3. The average molecular weight is 479 g/mol. The van der Waals surface area contributed by atoms with Crippen molar-refractivity contribution in [3.05, 3.63) is 11.6 Å². The maximum absolute atomic E-state index is 11.9. The first-order chi connectivity index (χ1) is 16.0. The zero-order valence-corrected chi connectivity index (χ0v) is 18.8. The first kappa shape index (κ1) is 25.1. The molecule has 13 nitrogen and oxygen atoms in total. The minimum absolute atomic E-state index is 0.199. The molecular weight excluding hydrogens is 454 g/mol. The Morgan fingerprint density at radius 1 is 1.09 bits per heavy atom. The molecular formula is C21H25N3O10. The number of rotatable bonds is 6. The summed E-state index contributed by atoms with van der Waals surface area (Å²) in [5, 5.41) is 24.2. The first-order valence-corrected chi connectivity index (χ1v) is 10.6. The lowest BCUT2D eigenvalue weighted by molar-refractivity contribution is -0.166.